The Hall–Kier alpha value is -1.40. The van der Waals surface area contributed by atoms with Crippen LogP contribution in [0.3, 0.4) is 0 Å². The van der Waals surface area contributed by atoms with Crippen molar-refractivity contribution in [1.82, 2.24) is 9.80 Å². The Balaban J connectivity index is 1.69. The predicted octanol–water partition coefficient (Wildman–Crippen LogP) is 1.16. The Labute approximate surface area is 128 Å². The molecule has 0 unspecified atom stereocenters. The van der Waals surface area contributed by atoms with Crippen LogP contribution in [0.15, 0.2) is 17.5 Å². The molecule has 5 nitrogen and oxygen atoms in total. The summed E-state index contributed by atoms with van der Waals surface area (Å²) in [5, 5.41) is 1.93. The van der Waals surface area contributed by atoms with Crippen LogP contribution in [0, 0.1) is 5.92 Å². The highest BCUT2D eigenvalue weighted by molar-refractivity contribution is 7.12. The Morgan fingerprint density at radius 1 is 1.43 bits per heavy atom. The predicted molar refractivity (Wildman–Crippen MR) is 82.1 cm³/mol. The average molecular weight is 307 g/mol. The summed E-state index contributed by atoms with van der Waals surface area (Å²) in [7, 11) is 0. The van der Waals surface area contributed by atoms with Gasteiger partial charge in [-0.2, -0.15) is 0 Å². The second-order valence-corrected chi connectivity index (χ2v) is 6.71. The van der Waals surface area contributed by atoms with E-state index in [0.717, 1.165) is 30.8 Å². The molecule has 1 aromatic heterocycles. The fourth-order valence-corrected chi connectivity index (χ4v) is 4.21. The SMILES string of the molecule is NCCN1C(=O)CC[C@H]2CN(C(=O)c3cccs3)CC[C@H]21. The third kappa shape index (κ3) is 2.82. The van der Waals surface area contributed by atoms with Crippen molar-refractivity contribution in [1.29, 1.82) is 0 Å². The van der Waals surface area contributed by atoms with Gasteiger partial charge in [0.25, 0.3) is 5.91 Å². The number of thiophene rings is 1. The van der Waals surface area contributed by atoms with Crippen molar-refractivity contribution in [3.8, 4) is 0 Å². The number of likely N-dealkylation sites (tertiary alicyclic amines) is 2. The van der Waals surface area contributed by atoms with Crippen molar-refractivity contribution in [2.24, 2.45) is 11.7 Å². The molecule has 0 radical (unpaired) electrons. The summed E-state index contributed by atoms with van der Waals surface area (Å²) in [6.45, 7) is 2.63. The van der Waals surface area contributed by atoms with Gasteiger partial charge in [-0.15, -0.1) is 11.3 Å². The highest BCUT2D eigenvalue weighted by atomic mass is 32.1. The van der Waals surface area contributed by atoms with Crippen molar-refractivity contribution in [2.45, 2.75) is 25.3 Å². The number of nitrogens with zero attached hydrogens (tertiary/aromatic N) is 2. The minimum Gasteiger partial charge on any atom is -0.338 e. The Kier molecular flexibility index (Phi) is 4.26. The summed E-state index contributed by atoms with van der Waals surface area (Å²) in [5.41, 5.74) is 5.63. The molecule has 2 fully saturated rings. The fraction of sp³-hybridized carbons (Fsp3) is 0.600. The first-order valence-corrected chi connectivity index (χ1v) is 8.41. The number of hydrogen-bond donors (Lipinski definition) is 1. The Bertz CT molecular complexity index is 517. The van der Waals surface area contributed by atoms with Crippen LogP contribution in [0.1, 0.15) is 28.9 Å². The molecule has 0 spiro atoms. The molecule has 2 aliphatic rings. The molecular weight excluding hydrogens is 286 g/mol. The summed E-state index contributed by atoms with van der Waals surface area (Å²) in [6.07, 6.45) is 2.34. The van der Waals surface area contributed by atoms with Gasteiger partial charge in [-0.25, -0.2) is 0 Å². The van der Waals surface area contributed by atoms with E-state index in [0.29, 0.717) is 25.4 Å². The molecule has 0 aromatic carbocycles. The maximum Gasteiger partial charge on any atom is 0.263 e. The van der Waals surface area contributed by atoms with Crippen molar-refractivity contribution < 1.29 is 9.59 Å². The molecule has 6 heteroatoms. The van der Waals surface area contributed by atoms with E-state index in [-0.39, 0.29) is 17.9 Å². The molecule has 0 aliphatic carbocycles. The number of carbonyl (C=O) groups excluding carboxylic acids is 2. The molecule has 2 amide bonds. The molecule has 2 aliphatic heterocycles. The lowest BCUT2D eigenvalue weighted by molar-refractivity contribution is -0.140. The summed E-state index contributed by atoms with van der Waals surface area (Å²) >= 11 is 1.49. The van der Waals surface area contributed by atoms with Gasteiger partial charge in [-0.1, -0.05) is 6.07 Å². The van der Waals surface area contributed by atoms with Crippen molar-refractivity contribution in [2.75, 3.05) is 26.2 Å². The maximum absolute atomic E-state index is 12.4. The molecule has 2 atom stereocenters. The van der Waals surface area contributed by atoms with E-state index < -0.39 is 0 Å². The summed E-state index contributed by atoms with van der Waals surface area (Å²) < 4.78 is 0. The van der Waals surface area contributed by atoms with Crippen molar-refractivity contribution in [3.05, 3.63) is 22.4 Å². The normalized spacial score (nSPS) is 25.9. The zero-order valence-corrected chi connectivity index (χ0v) is 12.8. The van der Waals surface area contributed by atoms with Gasteiger partial charge < -0.3 is 15.5 Å². The standard InChI is InChI=1S/C15H21N3O2S/c16-6-8-18-12-5-7-17(10-11(12)3-4-14(18)19)15(20)13-2-1-9-21-13/h1-2,9,11-12H,3-8,10,16H2/t11-,12+/m0/s1. The average Bonchev–Trinajstić information content (AvgIpc) is 3.03. The second-order valence-electron chi connectivity index (χ2n) is 5.76. The third-order valence-corrected chi connectivity index (χ3v) is 5.39. The smallest absolute Gasteiger partial charge is 0.263 e. The Morgan fingerprint density at radius 2 is 2.29 bits per heavy atom. The van der Waals surface area contributed by atoms with Gasteiger partial charge >= 0.3 is 0 Å². The van der Waals surface area contributed by atoms with Crippen LogP contribution in [-0.2, 0) is 4.79 Å². The molecule has 2 saturated heterocycles. The fourth-order valence-electron chi connectivity index (χ4n) is 3.52. The van der Waals surface area contributed by atoms with Crippen molar-refractivity contribution in [3.63, 3.8) is 0 Å². The van der Waals surface area contributed by atoms with Crippen LogP contribution in [0.25, 0.3) is 0 Å². The van der Waals surface area contributed by atoms with Crippen LogP contribution in [0.4, 0.5) is 0 Å². The van der Waals surface area contributed by atoms with E-state index in [9.17, 15) is 9.59 Å². The molecule has 0 bridgehead atoms. The molecule has 3 heterocycles. The monoisotopic (exact) mass is 307 g/mol. The lowest BCUT2D eigenvalue weighted by atomic mass is 9.83. The minimum absolute atomic E-state index is 0.130. The van der Waals surface area contributed by atoms with Crippen LogP contribution in [-0.4, -0.2) is 53.8 Å². The third-order valence-electron chi connectivity index (χ3n) is 4.53. The molecule has 114 valence electrons. The maximum atomic E-state index is 12.4. The van der Waals surface area contributed by atoms with Gasteiger partial charge in [0.1, 0.15) is 0 Å². The zero-order valence-electron chi connectivity index (χ0n) is 12.0. The highest BCUT2D eigenvalue weighted by Crippen LogP contribution is 2.31. The van der Waals surface area contributed by atoms with Crippen molar-refractivity contribution >= 4 is 23.2 Å². The van der Waals surface area contributed by atoms with Crippen LogP contribution in [0.5, 0.6) is 0 Å². The molecular formula is C15H21N3O2S. The van der Waals surface area contributed by atoms with Crippen LogP contribution < -0.4 is 5.73 Å². The van der Waals surface area contributed by atoms with E-state index in [1.165, 1.54) is 11.3 Å². The van der Waals surface area contributed by atoms with Gasteiger partial charge in [0.05, 0.1) is 4.88 Å². The topological polar surface area (TPSA) is 66.6 Å². The number of amides is 2. The second kappa shape index (κ2) is 6.15. The number of carbonyl (C=O) groups is 2. The summed E-state index contributed by atoms with van der Waals surface area (Å²) in [4.78, 5) is 29.2. The van der Waals surface area contributed by atoms with Gasteiger partial charge in [0.15, 0.2) is 0 Å². The van der Waals surface area contributed by atoms with E-state index in [2.05, 4.69) is 0 Å². The molecule has 3 rings (SSSR count). The van der Waals surface area contributed by atoms with Gasteiger partial charge in [0.2, 0.25) is 5.91 Å². The van der Waals surface area contributed by atoms with E-state index >= 15 is 0 Å². The summed E-state index contributed by atoms with van der Waals surface area (Å²) in [6, 6.07) is 4.05. The molecule has 1 aromatic rings. The number of fused-ring (bicyclic) bond motifs is 1. The van der Waals surface area contributed by atoms with Gasteiger partial charge in [-0.05, 0) is 30.2 Å². The van der Waals surface area contributed by atoms with E-state index in [1.54, 1.807) is 0 Å². The highest BCUT2D eigenvalue weighted by Gasteiger charge is 2.40. The zero-order chi connectivity index (χ0) is 14.8. The molecule has 2 N–H and O–H groups in total. The number of piperidine rings is 2. The van der Waals surface area contributed by atoms with E-state index in [1.807, 2.05) is 27.3 Å². The molecule has 0 saturated carbocycles. The minimum atomic E-state index is 0.130. The summed E-state index contributed by atoms with van der Waals surface area (Å²) in [5.74, 6) is 0.748. The first-order valence-electron chi connectivity index (χ1n) is 7.53. The number of nitrogens with two attached hydrogens (primary N) is 1. The van der Waals surface area contributed by atoms with E-state index in [4.69, 9.17) is 5.73 Å². The van der Waals surface area contributed by atoms with Gasteiger partial charge in [-0.3, -0.25) is 9.59 Å². The largest absolute Gasteiger partial charge is 0.338 e. The lowest BCUT2D eigenvalue weighted by Crippen LogP contribution is -2.57. The van der Waals surface area contributed by atoms with Gasteiger partial charge in [0, 0.05) is 38.6 Å². The van der Waals surface area contributed by atoms with Crippen LogP contribution in [0.2, 0.25) is 0 Å². The Morgan fingerprint density at radius 3 is 3.00 bits per heavy atom. The number of rotatable bonds is 3. The number of hydrogen-bond acceptors (Lipinski definition) is 4. The molecule has 21 heavy (non-hydrogen) atoms. The first-order chi connectivity index (χ1) is 10.2. The van der Waals surface area contributed by atoms with Crippen LogP contribution >= 0.6 is 11.3 Å². The quantitative estimate of drug-likeness (QED) is 0.911. The lowest BCUT2D eigenvalue weighted by Gasteiger charge is -2.47. The first kappa shape index (κ1) is 14.5.